The van der Waals surface area contributed by atoms with E-state index in [0.29, 0.717) is 6.61 Å². The van der Waals surface area contributed by atoms with E-state index in [0.717, 1.165) is 35.9 Å². The molecule has 0 unspecified atom stereocenters. The molecule has 4 nitrogen and oxygen atoms in total. The molecule has 0 aliphatic carbocycles. The van der Waals surface area contributed by atoms with Crippen molar-refractivity contribution in [3.8, 4) is 5.75 Å². The van der Waals surface area contributed by atoms with Crippen LogP contribution in [0.2, 0.25) is 0 Å². The maximum atomic E-state index is 5.41. The summed E-state index contributed by atoms with van der Waals surface area (Å²) in [6, 6.07) is 8.14. The molecule has 0 aliphatic heterocycles. The highest BCUT2D eigenvalue weighted by Crippen LogP contribution is 2.13. The first kappa shape index (κ1) is 13.6. The molecular weight excluding hydrogens is 240 g/mol. The van der Waals surface area contributed by atoms with Crippen molar-refractivity contribution in [2.45, 2.75) is 33.9 Å². The minimum atomic E-state index is 0.698. The van der Waals surface area contributed by atoms with Gasteiger partial charge >= 0.3 is 0 Å². The van der Waals surface area contributed by atoms with Gasteiger partial charge in [-0.15, -0.1) is 0 Å². The van der Waals surface area contributed by atoms with Gasteiger partial charge in [-0.05, 0) is 38.5 Å². The fraction of sp³-hybridized carbons (Fsp3) is 0.400. The summed E-state index contributed by atoms with van der Waals surface area (Å²) < 4.78 is 10.5. The molecule has 19 heavy (non-hydrogen) atoms. The number of aryl methyl sites for hydroxylation is 2. The average Bonchev–Trinajstić information content (AvgIpc) is 2.73. The van der Waals surface area contributed by atoms with Crippen LogP contribution in [0.4, 0.5) is 0 Å². The normalized spacial score (nSPS) is 10.7. The molecular formula is C15H20N2O2. The Labute approximate surface area is 113 Å². The molecule has 4 heteroatoms. The molecule has 0 saturated carbocycles. The van der Waals surface area contributed by atoms with E-state index in [1.165, 1.54) is 5.56 Å². The molecule has 1 aromatic heterocycles. The number of hydrogen-bond donors (Lipinski definition) is 1. The van der Waals surface area contributed by atoms with Crippen LogP contribution in [0.25, 0.3) is 0 Å². The lowest BCUT2D eigenvalue weighted by molar-refractivity contribution is 0.340. The highest BCUT2D eigenvalue weighted by molar-refractivity contribution is 5.27. The Balaban J connectivity index is 1.85. The number of benzene rings is 1. The van der Waals surface area contributed by atoms with Crippen molar-refractivity contribution in [1.29, 1.82) is 0 Å². The topological polar surface area (TPSA) is 47.3 Å². The predicted octanol–water partition coefficient (Wildman–Crippen LogP) is 2.98. The smallest absolute Gasteiger partial charge is 0.138 e. The molecule has 102 valence electrons. The molecule has 1 aromatic carbocycles. The van der Waals surface area contributed by atoms with E-state index < -0.39 is 0 Å². The predicted molar refractivity (Wildman–Crippen MR) is 74.1 cm³/mol. The van der Waals surface area contributed by atoms with Crippen molar-refractivity contribution < 1.29 is 9.26 Å². The molecule has 0 atom stereocenters. The van der Waals surface area contributed by atoms with Crippen LogP contribution in [0.15, 0.2) is 28.8 Å². The van der Waals surface area contributed by atoms with Crippen LogP contribution in [0, 0.1) is 13.8 Å². The van der Waals surface area contributed by atoms with Gasteiger partial charge in [0.15, 0.2) is 0 Å². The molecule has 2 rings (SSSR count). The monoisotopic (exact) mass is 260 g/mol. The number of hydrogen-bond acceptors (Lipinski definition) is 4. The highest BCUT2D eigenvalue weighted by atomic mass is 16.5. The van der Waals surface area contributed by atoms with E-state index in [9.17, 15) is 0 Å². The van der Waals surface area contributed by atoms with Gasteiger partial charge in [0.25, 0.3) is 0 Å². The minimum Gasteiger partial charge on any atom is -0.494 e. The molecule has 0 saturated heterocycles. The highest BCUT2D eigenvalue weighted by Gasteiger charge is 2.07. The summed E-state index contributed by atoms with van der Waals surface area (Å²) in [5.74, 6) is 1.80. The van der Waals surface area contributed by atoms with Crippen molar-refractivity contribution in [2.24, 2.45) is 0 Å². The number of nitrogens with zero attached hydrogens (tertiary/aromatic N) is 1. The van der Waals surface area contributed by atoms with Crippen molar-refractivity contribution in [3.05, 3.63) is 46.8 Å². The van der Waals surface area contributed by atoms with Crippen LogP contribution in [0.3, 0.4) is 0 Å². The van der Waals surface area contributed by atoms with Crippen LogP contribution in [-0.2, 0) is 13.1 Å². The third-order valence-electron chi connectivity index (χ3n) is 3.05. The van der Waals surface area contributed by atoms with Gasteiger partial charge in [0.05, 0.1) is 12.3 Å². The minimum absolute atomic E-state index is 0.698. The van der Waals surface area contributed by atoms with Crippen LogP contribution < -0.4 is 10.1 Å². The first-order valence-electron chi connectivity index (χ1n) is 6.55. The summed E-state index contributed by atoms with van der Waals surface area (Å²) in [6.45, 7) is 8.17. The van der Waals surface area contributed by atoms with Gasteiger partial charge in [0, 0.05) is 18.7 Å². The van der Waals surface area contributed by atoms with Gasteiger partial charge in [0.1, 0.15) is 11.5 Å². The molecule has 0 bridgehead atoms. The molecule has 2 aromatic rings. The average molecular weight is 260 g/mol. The number of ether oxygens (including phenoxy) is 1. The van der Waals surface area contributed by atoms with Gasteiger partial charge in [0.2, 0.25) is 0 Å². The summed E-state index contributed by atoms with van der Waals surface area (Å²) in [6.07, 6.45) is 0. The zero-order chi connectivity index (χ0) is 13.7. The van der Waals surface area contributed by atoms with Crippen LogP contribution in [0.5, 0.6) is 5.75 Å². The lowest BCUT2D eigenvalue weighted by Gasteiger charge is -2.06. The van der Waals surface area contributed by atoms with Crippen molar-refractivity contribution in [2.75, 3.05) is 6.61 Å². The van der Waals surface area contributed by atoms with E-state index in [4.69, 9.17) is 9.26 Å². The third-order valence-corrected chi connectivity index (χ3v) is 3.05. The Morgan fingerprint density at radius 3 is 2.47 bits per heavy atom. The SMILES string of the molecule is CCOc1ccc(CNCc2c(C)noc2C)cc1. The summed E-state index contributed by atoms with van der Waals surface area (Å²) in [5, 5.41) is 7.34. The summed E-state index contributed by atoms with van der Waals surface area (Å²) >= 11 is 0. The fourth-order valence-electron chi connectivity index (χ4n) is 1.96. The molecule has 0 amide bonds. The molecule has 0 fully saturated rings. The van der Waals surface area contributed by atoms with Gasteiger partial charge in [-0.3, -0.25) is 0 Å². The number of aromatic nitrogens is 1. The molecule has 0 spiro atoms. The van der Waals surface area contributed by atoms with E-state index in [1.54, 1.807) is 0 Å². The Kier molecular flexibility index (Phi) is 4.58. The van der Waals surface area contributed by atoms with Gasteiger partial charge in [-0.1, -0.05) is 17.3 Å². The van der Waals surface area contributed by atoms with Crippen molar-refractivity contribution >= 4 is 0 Å². The van der Waals surface area contributed by atoms with Crippen molar-refractivity contribution in [1.82, 2.24) is 10.5 Å². The Morgan fingerprint density at radius 1 is 1.16 bits per heavy atom. The molecule has 1 N–H and O–H groups in total. The fourth-order valence-corrected chi connectivity index (χ4v) is 1.96. The summed E-state index contributed by atoms with van der Waals surface area (Å²) in [5.41, 5.74) is 3.33. The molecule has 0 radical (unpaired) electrons. The summed E-state index contributed by atoms with van der Waals surface area (Å²) in [7, 11) is 0. The number of rotatable bonds is 6. The van der Waals surface area contributed by atoms with Crippen LogP contribution in [-0.4, -0.2) is 11.8 Å². The quantitative estimate of drug-likeness (QED) is 0.867. The number of nitrogens with one attached hydrogen (secondary N) is 1. The maximum absolute atomic E-state index is 5.41. The summed E-state index contributed by atoms with van der Waals surface area (Å²) in [4.78, 5) is 0. The van der Waals surface area contributed by atoms with E-state index >= 15 is 0 Å². The molecule has 1 heterocycles. The van der Waals surface area contributed by atoms with Gasteiger partial charge in [-0.25, -0.2) is 0 Å². The molecule has 0 aliphatic rings. The van der Waals surface area contributed by atoms with E-state index in [-0.39, 0.29) is 0 Å². The standard InChI is InChI=1S/C15H20N2O2/c1-4-18-14-7-5-13(6-8-14)9-16-10-15-11(2)17-19-12(15)3/h5-8,16H,4,9-10H2,1-3H3. The Hall–Kier alpha value is -1.81. The van der Waals surface area contributed by atoms with Crippen molar-refractivity contribution in [3.63, 3.8) is 0 Å². The van der Waals surface area contributed by atoms with Gasteiger partial charge in [-0.2, -0.15) is 0 Å². The largest absolute Gasteiger partial charge is 0.494 e. The van der Waals surface area contributed by atoms with Crippen LogP contribution >= 0.6 is 0 Å². The zero-order valence-electron chi connectivity index (χ0n) is 11.7. The zero-order valence-corrected chi connectivity index (χ0v) is 11.7. The Morgan fingerprint density at radius 2 is 1.89 bits per heavy atom. The van der Waals surface area contributed by atoms with E-state index in [1.807, 2.05) is 32.9 Å². The second kappa shape index (κ2) is 6.38. The first-order valence-corrected chi connectivity index (χ1v) is 6.55. The second-order valence-electron chi connectivity index (χ2n) is 4.48. The first-order chi connectivity index (χ1) is 9.20. The lowest BCUT2D eigenvalue weighted by Crippen LogP contribution is -2.13. The Bertz CT molecular complexity index is 498. The van der Waals surface area contributed by atoms with Crippen LogP contribution in [0.1, 0.15) is 29.5 Å². The van der Waals surface area contributed by atoms with E-state index in [2.05, 4.69) is 22.6 Å². The second-order valence-corrected chi connectivity index (χ2v) is 4.48. The lowest BCUT2D eigenvalue weighted by atomic mass is 10.2. The maximum Gasteiger partial charge on any atom is 0.138 e. The van der Waals surface area contributed by atoms with Gasteiger partial charge < -0.3 is 14.6 Å². The third kappa shape index (κ3) is 3.58.